The maximum atomic E-state index is 12.4. The Bertz CT molecular complexity index is 470. The molecule has 1 aromatic heterocycles. The first-order valence-corrected chi connectivity index (χ1v) is 5.82. The zero-order valence-electron chi connectivity index (χ0n) is 11.3. The first kappa shape index (κ1) is 16.2. The normalized spacial score (nSPS) is 12.1. The van der Waals surface area contributed by atoms with Crippen LogP contribution in [0.5, 0.6) is 0 Å². The van der Waals surface area contributed by atoms with Crippen LogP contribution < -0.4 is 10.9 Å². The van der Waals surface area contributed by atoms with Crippen LogP contribution in [-0.4, -0.2) is 16.7 Å². The molecule has 0 bridgehead atoms. The summed E-state index contributed by atoms with van der Waals surface area (Å²) in [5.41, 5.74) is 3.43. The van der Waals surface area contributed by atoms with Crippen LogP contribution in [0.3, 0.4) is 0 Å². The summed E-state index contributed by atoms with van der Waals surface area (Å²) in [6, 6.07) is 2.32. The molecule has 0 aromatic carbocycles. The van der Waals surface area contributed by atoms with Crippen LogP contribution in [0.1, 0.15) is 32.0 Å². The molecule has 1 rings (SSSR count). The molecule has 1 amide bonds. The van der Waals surface area contributed by atoms with Gasteiger partial charge < -0.3 is 4.74 Å². The molecular formula is C12H16F3N3O2. The van der Waals surface area contributed by atoms with E-state index in [0.29, 0.717) is 5.56 Å². The van der Waals surface area contributed by atoms with Crippen LogP contribution in [0.4, 0.5) is 18.0 Å². The van der Waals surface area contributed by atoms with E-state index in [4.69, 9.17) is 4.74 Å². The lowest BCUT2D eigenvalue weighted by atomic mass is 10.2. The lowest BCUT2D eigenvalue weighted by molar-refractivity contribution is -0.141. The molecule has 0 aliphatic carbocycles. The van der Waals surface area contributed by atoms with Crippen molar-refractivity contribution in [3.05, 3.63) is 29.6 Å². The minimum absolute atomic E-state index is 0.0187. The zero-order valence-corrected chi connectivity index (χ0v) is 11.3. The molecule has 0 radical (unpaired) electrons. The third-order valence-electron chi connectivity index (χ3n) is 2.00. The molecule has 0 aliphatic heterocycles. The molecule has 112 valence electrons. The van der Waals surface area contributed by atoms with Crippen molar-refractivity contribution in [2.75, 3.05) is 0 Å². The van der Waals surface area contributed by atoms with Crippen LogP contribution in [0.2, 0.25) is 0 Å². The number of carbonyl (C=O) groups is 1. The molecule has 1 aromatic rings. The summed E-state index contributed by atoms with van der Waals surface area (Å²) in [5.74, 6) is 0. The van der Waals surface area contributed by atoms with Crippen molar-refractivity contribution in [2.24, 2.45) is 0 Å². The molecule has 2 N–H and O–H groups in total. The monoisotopic (exact) mass is 291 g/mol. The second kappa shape index (κ2) is 6.08. The number of ether oxygens (including phenoxy) is 1. The highest BCUT2D eigenvalue weighted by Crippen LogP contribution is 2.27. The van der Waals surface area contributed by atoms with Crippen LogP contribution in [0.25, 0.3) is 0 Å². The third kappa shape index (κ3) is 5.87. The minimum atomic E-state index is -4.49. The number of halogens is 3. The Balaban J connectivity index is 2.49. The predicted octanol–water partition coefficient (Wildman–Crippen LogP) is 2.63. The summed E-state index contributed by atoms with van der Waals surface area (Å²) in [5, 5.41) is 0. The van der Waals surface area contributed by atoms with Gasteiger partial charge in [0, 0.05) is 12.7 Å². The van der Waals surface area contributed by atoms with Gasteiger partial charge in [-0.3, -0.25) is 10.4 Å². The molecule has 0 unspecified atom stereocenters. The number of amides is 1. The first-order chi connectivity index (χ1) is 9.08. The Kier molecular flexibility index (Phi) is 4.93. The Labute approximate surface area is 114 Å². The van der Waals surface area contributed by atoms with Gasteiger partial charge in [0.25, 0.3) is 0 Å². The molecule has 0 saturated heterocycles. The molecule has 0 atom stereocenters. The second-order valence-electron chi connectivity index (χ2n) is 5.03. The van der Waals surface area contributed by atoms with Crippen molar-refractivity contribution in [1.29, 1.82) is 0 Å². The van der Waals surface area contributed by atoms with Gasteiger partial charge in [-0.1, -0.05) is 0 Å². The molecule has 0 saturated carbocycles. The zero-order chi connectivity index (χ0) is 15.4. The fourth-order valence-corrected chi connectivity index (χ4v) is 1.26. The van der Waals surface area contributed by atoms with Crippen molar-refractivity contribution in [2.45, 2.75) is 39.1 Å². The molecule has 20 heavy (non-hydrogen) atoms. The van der Waals surface area contributed by atoms with E-state index in [-0.39, 0.29) is 6.54 Å². The van der Waals surface area contributed by atoms with Gasteiger partial charge >= 0.3 is 12.3 Å². The molecule has 0 fully saturated rings. The maximum Gasteiger partial charge on any atom is 0.433 e. The SMILES string of the molecule is CC(C)(C)OC(=O)NNCc1ccnc(C(F)(F)F)c1. The van der Waals surface area contributed by atoms with E-state index in [0.717, 1.165) is 12.3 Å². The first-order valence-electron chi connectivity index (χ1n) is 5.82. The number of nitrogens with zero attached hydrogens (tertiary/aromatic N) is 1. The van der Waals surface area contributed by atoms with Gasteiger partial charge in [0.1, 0.15) is 11.3 Å². The number of carbonyl (C=O) groups excluding carboxylic acids is 1. The predicted molar refractivity (Wildman–Crippen MR) is 65.4 cm³/mol. The van der Waals surface area contributed by atoms with Gasteiger partial charge in [0.05, 0.1) is 0 Å². The number of hydrogen-bond donors (Lipinski definition) is 2. The highest BCUT2D eigenvalue weighted by molar-refractivity contribution is 5.66. The van der Waals surface area contributed by atoms with E-state index < -0.39 is 23.6 Å². The summed E-state index contributed by atoms with van der Waals surface area (Å²) in [4.78, 5) is 14.5. The highest BCUT2D eigenvalue weighted by atomic mass is 19.4. The molecule has 0 spiro atoms. The van der Waals surface area contributed by atoms with E-state index in [2.05, 4.69) is 15.8 Å². The average molecular weight is 291 g/mol. The van der Waals surface area contributed by atoms with E-state index in [1.807, 2.05) is 0 Å². The Hall–Kier alpha value is -1.83. The lowest BCUT2D eigenvalue weighted by Gasteiger charge is -2.19. The van der Waals surface area contributed by atoms with Crippen LogP contribution >= 0.6 is 0 Å². The van der Waals surface area contributed by atoms with Gasteiger partial charge in [-0.15, -0.1) is 0 Å². The summed E-state index contributed by atoms with van der Waals surface area (Å²) >= 11 is 0. The number of hydrogen-bond acceptors (Lipinski definition) is 4. The van der Waals surface area contributed by atoms with Crippen LogP contribution in [-0.2, 0) is 17.5 Å². The van der Waals surface area contributed by atoms with Crippen LogP contribution in [0, 0.1) is 0 Å². The quantitative estimate of drug-likeness (QED) is 0.840. The van der Waals surface area contributed by atoms with Crippen molar-refractivity contribution >= 4 is 6.09 Å². The summed E-state index contributed by atoms with van der Waals surface area (Å²) in [7, 11) is 0. The number of alkyl halides is 3. The van der Waals surface area contributed by atoms with Crippen LogP contribution in [0.15, 0.2) is 18.3 Å². The van der Waals surface area contributed by atoms with Gasteiger partial charge in [-0.25, -0.2) is 10.2 Å². The van der Waals surface area contributed by atoms with E-state index in [9.17, 15) is 18.0 Å². The van der Waals surface area contributed by atoms with Gasteiger partial charge in [-0.05, 0) is 38.5 Å². The van der Waals surface area contributed by atoms with Gasteiger partial charge in [0.15, 0.2) is 0 Å². The standard InChI is InChI=1S/C12H16F3N3O2/c1-11(2,3)20-10(19)18-17-7-8-4-5-16-9(6-8)12(13,14)15/h4-6,17H,7H2,1-3H3,(H,18,19). The molecule has 0 aliphatic rings. The third-order valence-corrected chi connectivity index (χ3v) is 2.00. The van der Waals surface area contributed by atoms with Crippen molar-refractivity contribution in [1.82, 2.24) is 15.8 Å². The van der Waals surface area contributed by atoms with E-state index in [1.165, 1.54) is 6.07 Å². The number of aromatic nitrogens is 1. The topological polar surface area (TPSA) is 63.2 Å². The Morgan fingerprint density at radius 2 is 2.00 bits per heavy atom. The number of pyridine rings is 1. The Morgan fingerprint density at radius 1 is 1.35 bits per heavy atom. The fraction of sp³-hybridized carbons (Fsp3) is 0.500. The smallest absolute Gasteiger partial charge is 0.433 e. The summed E-state index contributed by atoms with van der Waals surface area (Å²) in [6.45, 7) is 5.12. The number of hydrazine groups is 1. The van der Waals surface area contributed by atoms with Crippen molar-refractivity contribution in [3.8, 4) is 0 Å². The molecular weight excluding hydrogens is 275 g/mol. The number of nitrogens with one attached hydrogen (secondary N) is 2. The van der Waals surface area contributed by atoms with Gasteiger partial charge in [0.2, 0.25) is 0 Å². The minimum Gasteiger partial charge on any atom is -0.443 e. The van der Waals surface area contributed by atoms with Gasteiger partial charge in [-0.2, -0.15) is 13.2 Å². The maximum absolute atomic E-state index is 12.4. The van der Waals surface area contributed by atoms with E-state index in [1.54, 1.807) is 20.8 Å². The second-order valence-corrected chi connectivity index (χ2v) is 5.03. The largest absolute Gasteiger partial charge is 0.443 e. The average Bonchev–Trinajstić information content (AvgIpc) is 2.25. The summed E-state index contributed by atoms with van der Waals surface area (Å²) in [6.07, 6.45) is -4.13. The van der Waals surface area contributed by atoms with E-state index >= 15 is 0 Å². The lowest BCUT2D eigenvalue weighted by Crippen LogP contribution is -2.40. The highest BCUT2D eigenvalue weighted by Gasteiger charge is 2.32. The molecule has 1 heterocycles. The van der Waals surface area contributed by atoms with Crippen molar-refractivity contribution in [3.63, 3.8) is 0 Å². The Morgan fingerprint density at radius 3 is 2.55 bits per heavy atom. The summed E-state index contributed by atoms with van der Waals surface area (Å²) < 4.78 is 42.2. The molecule has 5 nitrogen and oxygen atoms in total. The fourth-order valence-electron chi connectivity index (χ4n) is 1.26. The van der Waals surface area contributed by atoms with Crippen molar-refractivity contribution < 1.29 is 22.7 Å². The number of rotatable bonds is 3. The molecule has 8 heteroatoms.